The van der Waals surface area contributed by atoms with E-state index in [1.807, 2.05) is 0 Å². The number of hydrogen-bond acceptors (Lipinski definition) is 3. The first-order chi connectivity index (χ1) is 41.3. The molecule has 3 nitrogen and oxygen atoms in total. The molecule has 0 unspecified atom stereocenters. The van der Waals surface area contributed by atoms with Crippen LogP contribution in [0.1, 0.15) is 0 Å². The zero-order valence-corrected chi connectivity index (χ0v) is 49.6. The third kappa shape index (κ3) is 8.83. The number of furan rings is 3. The van der Waals surface area contributed by atoms with Crippen molar-refractivity contribution in [2.45, 2.75) is 0 Å². The highest BCUT2D eigenvalue weighted by Gasteiger charge is 2.20. The number of halogens is 3. The molecule has 396 valence electrons. The van der Waals surface area contributed by atoms with Crippen LogP contribution in [0.5, 0.6) is 0 Å². The molecule has 0 aliphatic rings. The molecule has 0 N–H and O–H groups in total. The molecule has 0 spiro atoms. The minimum atomic E-state index is 0.932. The molecule has 0 saturated carbocycles. The first-order valence-corrected chi connectivity index (χ1v) is 30.3. The lowest BCUT2D eigenvalue weighted by Gasteiger charge is -2.10. The molecule has 3 heterocycles. The summed E-state index contributed by atoms with van der Waals surface area (Å²) in [6, 6.07) is 96.4. The summed E-state index contributed by atoms with van der Waals surface area (Å²) >= 11 is 10.6. The zero-order valence-electron chi connectivity index (χ0n) is 44.8. The maximum atomic E-state index is 6.47. The SMILES string of the molecule is Brc1ccc(-c2c3ccccc3cc3c2oc2cc4ccccc4cc23)cc1.Brc1ccc(-c2c3ccccc3cc3oc4cc5ccccc5cc4c23)cc1.Brc1ccc(-c2ccc3cc4c(cc3c2)oc2c3ccccc3ccc42)cc1. The molecular formula is C78H45Br3O3. The first kappa shape index (κ1) is 50.4. The van der Waals surface area contributed by atoms with Gasteiger partial charge in [-0.1, -0.05) is 224 Å². The molecule has 0 bridgehead atoms. The fourth-order valence-electron chi connectivity index (χ4n) is 12.4. The standard InChI is InChI=1S/3C26H15BrO/c27-20-11-9-16(10-12-20)25-21-8-4-3-7-19(21)14-23-22-13-17-5-1-2-6-18(17)15-24(22)28-26(23)25;27-20-11-9-16(10-12-20)25-21-8-4-3-7-19(21)15-24-26(25)22-13-17-5-1-2-6-18(17)14-23(22)28-24;27-21-10-7-16(8-11-21)18-5-6-19-14-24-23-12-9-17-3-1-2-4-22(17)26(23)28-25(24)15-20(19)13-18/h3*1-15H. The molecule has 0 saturated heterocycles. The first-order valence-electron chi connectivity index (χ1n) is 27.9. The average Bonchev–Trinajstić information content (AvgIpc) is 3.90. The largest absolute Gasteiger partial charge is 0.456 e. The molecule has 3 aromatic heterocycles. The van der Waals surface area contributed by atoms with E-state index in [1.54, 1.807) is 0 Å². The van der Waals surface area contributed by atoms with E-state index in [0.717, 1.165) is 79.6 Å². The third-order valence-electron chi connectivity index (χ3n) is 16.5. The van der Waals surface area contributed by atoms with Crippen molar-refractivity contribution < 1.29 is 13.3 Å². The van der Waals surface area contributed by atoms with Crippen LogP contribution in [0.15, 0.2) is 300 Å². The van der Waals surface area contributed by atoms with Crippen molar-refractivity contribution in [1.29, 1.82) is 0 Å². The van der Waals surface area contributed by atoms with E-state index in [9.17, 15) is 0 Å². The van der Waals surface area contributed by atoms with Crippen molar-refractivity contribution in [3.63, 3.8) is 0 Å². The summed E-state index contributed by atoms with van der Waals surface area (Å²) in [6.07, 6.45) is 0. The second kappa shape index (κ2) is 20.5. The quantitative estimate of drug-likeness (QED) is 0.177. The van der Waals surface area contributed by atoms with E-state index in [0.29, 0.717) is 0 Å². The van der Waals surface area contributed by atoms with Gasteiger partial charge in [-0.2, -0.15) is 0 Å². The van der Waals surface area contributed by atoms with Crippen molar-refractivity contribution in [2.24, 2.45) is 0 Å². The van der Waals surface area contributed by atoms with Gasteiger partial charge in [0, 0.05) is 62.2 Å². The monoisotopic (exact) mass is 1270 g/mol. The lowest BCUT2D eigenvalue weighted by Crippen LogP contribution is -1.84. The summed E-state index contributed by atoms with van der Waals surface area (Å²) in [4.78, 5) is 0. The molecule has 0 radical (unpaired) electrons. The van der Waals surface area contributed by atoms with Gasteiger partial charge in [0.05, 0.1) is 0 Å². The molecular weight excluding hydrogens is 1220 g/mol. The molecule has 0 aliphatic carbocycles. The van der Waals surface area contributed by atoms with E-state index >= 15 is 0 Å². The lowest BCUT2D eigenvalue weighted by molar-refractivity contribution is 0.670. The van der Waals surface area contributed by atoms with Crippen molar-refractivity contribution >= 4 is 178 Å². The average molecular weight is 1270 g/mol. The molecule has 0 atom stereocenters. The molecule has 18 aromatic rings. The Balaban J connectivity index is 0.000000103. The molecule has 0 aliphatic heterocycles. The Morgan fingerprint density at radius 1 is 0.202 bits per heavy atom. The zero-order chi connectivity index (χ0) is 56.0. The maximum absolute atomic E-state index is 6.47. The fourth-order valence-corrected chi connectivity index (χ4v) is 13.2. The van der Waals surface area contributed by atoms with Gasteiger partial charge < -0.3 is 13.3 Å². The van der Waals surface area contributed by atoms with Gasteiger partial charge in [-0.25, -0.2) is 0 Å². The lowest BCUT2D eigenvalue weighted by atomic mass is 9.93. The maximum Gasteiger partial charge on any atom is 0.143 e. The normalized spacial score (nSPS) is 11.8. The van der Waals surface area contributed by atoms with Crippen LogP contribution in [0.4, 0.5) is 0 Å². The van der Waals surface area contributed by atoms with Gasteiger partial charge in [0.15, 0.2) is 0 Å². The van der Waals surface area contributed by atoms with E-state index < -0.39 is 0 Å². The summed E-state index contributed by atoms with van der Waals surface area (Å²) in [5.41, 5.74) is 12.8. The van der Waals surface area contributed by atoms with Gasteiger partial charge in [0.2, 0.25) is 0 Å². The third-order valence-corrected chi connectivity index (χ3v) is 18.1. The van der Waals surface area contributed by atoms with Crippen molar-refractivity contribution in [3.8, 4) is 33.4 Å². The highest BCUT2D eigenvalue weighted by atomic mass is 79.9. The fraction of sp³-hybridized carbons (Fsp3) is 0. The number of rotatable bonds is 3. The number of fused-ring (bicyclic) bond motifs is 16. The molecule has 84 heavy (non-hydrogen) atoms. The minimum absolute atomic E-state index is 0.932. The van der Waals surface area contributed by atoms with E-state index in [1.165, 1.54) is 97.7 Å². The predicted molar refractivity (Wildman–Crippen MR) is 366 cm³/mol. The topological polar surface area (TPSA) is 39.4 Å². The summed E-state index contributed by atoms with van der Waals surface area (Å²) in [6.45, 7) is 0. The molecule has 18 rings (SSSR count). The van der Waals surface area contributed by atoms with Crippen LogP contribution >= 0.6 is 47.8 Å². The van der Waals surface area contributed by atoms with Crippen LogP contribution in [0.2, 0.25) is 0 Å². The Morgan fingerprint density at radius 2 is 0.595 bits per heavy atom. The number of benzene rings is 15. The van der Waals surface area contributed by atoms with Crippen LogP contribution < -0.4 is 0 Å². The van der Waals surface area contributed by atoms with Crippen molar-refractivity contribution in [3.05, 3.63) is 286 Å². The minimum Gasteiger partial charge on any atom is -0.456 e. The smallest absolute Gasteiger partial charge is 0.143 e. The van der Waals surface area contributed by atoms with Crippen LogP contribution in [0.25, 0.3) is 164 Å². The van der Waals surface area contributed by atoms with Gasteiger partial charge in [-0.15, -0.1) is 0 Å². The molecule has 0 amide bonds. The summed E-state index contributed by atoms with van der Waals surface area (Å²) in [7, 11) is 0. The Bertz CT molecular complexity index is 5620. The highest BCUT2D eigenvalue weighted by molar-refractivity contribution is 9.11. The Morgan fingerprint density at radius 3 is 1.21 bits per heavy atom. The van der Waals surface area contributed by atoms with Crippen LogP contribution in [0.3, 0.4) is 0 Å². The predicted octanol–water partition coefficient (Wildman–Crippen LogP) is 25.0. The van der Waals surface area contributed by atoms with Crippen LogP contribution in [-0.2, 0) is 0 Å². The van der Waals surface area contributed by atoms with Gasteiger partial charge >= 0.3 is 0 Å². The Labute approximate surface area is 507 Å². The van der Waals surface area contributed by atoms with E-state index in [2.05, 4.69) is 321 Å². The summed E-state index contributed by atoms with van der Waals surface area (Å²) < 4.78 is 22.4. The van der Waals surface area contributed by atoms with Crippen molar-refractivity contribution in [1.82, 2.24) is 0 Å². The highest BCUT2D eigenvalue weighted by Crippen LogP contribution is 2.45. The molecule has 15 aromatic carbocycles. The molecule has 0 fully saturated rings. The van der Waals surface area contributed by atoms with E-state index in [4.69, 9.17) is 13.3 Å². The van der Waals surface area contributed by atoms with Crippen molar-refractivity contribution in [2.75, 3.05) is 0 Å². The van der Waals surface area contributed by atoms with Crippen LogP contribution in [-0.4, -0.2) is 0 Å². The van der Waals surface area contributed by atoms with E-state index in [-0.39, 0.29) is 0 Å². The Kier molecular flexibility index (Phi) is 12.3. The van der Waals surface area contributed by atoms with Gasteiger partial charge in [0.25, 0.3) is 0 Å². The van der Waals surface area contributed by atoms with Crippen LogP contribution in [0, 0.1) is 0 Å². The van der Waals surface area contributed by atoms with Gasteiger partial charge in [-0.3, -0.25) is 0 Å². The summed E-state index contributed by atoms with van der Waals surface area (Å²) in [5, 5.41) is 21.5. The second-order valence-corrected chi connectivity index (χ2v) is 24.2. The summed E-state index contributed by atoms with van der Waals surface area (Å²) in [5.74, 6) is 0. The van der Waals surface area contributed by atoms with Gasteiger partial charge in [0.1, 0.15) is 33.5 Å². The van der Waals surface area contributed by atoms with Gasteiger partial charge in [-0.05, 0) is 179 Å². The Hall–Kier alpha value is -9.30. The molecule has 6 heteroatoms. The second-order valence-electron chi connectivity index (χ2n) is 21.5. The number of hydrogen-bond donors (Lipinski definition) is 0.